The molecule has 1 heterocycles. The third-order valence-electron chi connectivity index (χ3n) is 1.82. The summed E-state index contributed by atoms with van der Waals surface area (Å²) >= 11 is 14.6. The molecular weight excluding hydrogens is 306 g/mol. The first-order valence-electron chi connectivity index (χ1n) is 4.22. The van der Waals surface area contributed by atoms with Gasteiger partial charge in [0.2, 0.25) is 0 Å². The molecule has 2 nitrogen and oxygen atoms in total. The van der Waals surface area contributed by atoms with Crippen LogP contribution in [-0.4, -0.2) is 22.3 Å². The highest BCUT2D eigenvalue weighted by Gasteiger charge is 2.23. The molecule has 0 saturated carbocycles. The molecule has 1 aromatic rings. The Morgan fingerprint density at radius 1 is 1.53 bits per heavy atom. The molecule has 0 aliphatic carbocycles. The Labute approximate surface area is 106 Å². The molecule has 0 bridgehead atoms. The summed E-state index contributed by atoms with van der Waals surface area (Å²) in [5.74, 6) is 0.259. The van der Waals surface area contributed by atoms with Gasteiger partial charge in [-0.15, -0.1) is 23.2 Å². The van der Waals surface area contributed by atoms with Gasteiger partial charge in [-0.25, -0.2) is 9.37 Å². The van der Waals surface area contributed by atoms with E-state index in [2.05, 4.69) is 26.2 Å². The number of pyridine rings is 1. The second kappa shape index (κ2) is 5.32. The standard InChI is InChI=1S/C9H10BrCl2FN2/c1-9(4-11,5-12)15-8-7(13)2-6(10)3-14-8/h2-3H,4-5H2,1H3,(H,14,15). The van der Waals surface area contributed by atoms with Crippen LogP contribution < -0.4 is 5.32 Å². The van der Waals surface area contributed by atoms with Gasteiger partial charge in [0.25, 0.3) is 0 Å². The van der Waals surface area contributed by atoms with Gasteiger partial charge in [-0.1, -0.05) is 0 Å². The normalized spacial score (nSPS) is 11.5. The van der Waals surface area contributed by atoms with E-state index in [1.54, 1.807) is 6.92 Å². The van der Waals surface area contributed by atoms with Crippen molar-refractivity contribution >= 4 is 44.9 Å². The first-order valence-corrected chi connectivity index (χ1v) is 6.08. The fourth-order valence-corrected chi connectivity index (χ4v) is 1.62. The SMILES string of the molecule is CC(CCl)(CCl)Nc1ncc(Br)cc1F. The highest BCUT2D eigenvalue weighted by Crippen LogP contribution is 2.21. The molecule has 0 aromatic carbocycles. The van der Waals surface area contributed by atoms with Gasteiger partial charge < -0.3 is 5.32 Å². The number of nitrogens with zero attached hydrogens (tertiary/aromatic N) is 1. The Morgan fingerprint density at radius 3 is 2.60 bits per heavy atom. The smallest absolute Gasteiger partial charge is 0.166 e. The van der Waals surface area contributed by atoms with Gasteiger partial charge >= 0.3 is 0 Å². The first kappa shape index (κ1) is 13.0. The predicted molar refractivity (Wildman–Crippen MR) is 65.4 cm³/mol. The van der Waals surface area contributed by atoms with Crippen LogP contribution in [0.15, 0.2) is 16.7 Å². The van der Waals surface area contributed by atoms with Gasteiger partial charge in [-0.2, -0.15) is 0 Å². The van der Waals surface area contributed by atoms with Gasteiger partial charge in [0, 0.05) is 22.4 Å². The maximum atomic E-state index is 13.4. The van der Waals surface area contributed by atoms with Crippen molar-refractivity contribution in [1.29, 1.82) is 0 Å². The molecule has 0 spiro atoms. The molecule has 0 aliphatic rings. The number of anilines is 1. The van der Waals surface area contributed by atoms with Gasteiger partial charge in [-0.05, 0) is 28.9 Å². The van der Waals surface area contributed by atoms with E-state index in [0.29, 0.717) is 4.47 Å². The quantitative estimate of drug-likeness (QED) is 0.858. The number of rotatable bonds is 4. The van der Waals surface area contributed by atoms with E-state index in [9.17, 15) is 4.39 Å². The topological polar surface area (TPSA) is 24.9 Å². The number of hydrogen-bond donors (Lipinski definition) is 1. The van der Waals surface area contributed by atoms with E-state index < -0.39 is 11.4 Å². The molecule has 0 fully saturated rings. The minimum absolute atomic E-state index is 0.155. The molecule has 0 saturated heterocycles. The van der Waals surface area contributed by atoms with E-state index in [0.717, 1.165) is 0 Å². The minimum atomic E-state index is -0.565. The summed E-state index contributed by atoms with van der Waals surface area (Å²) in [6.07, 6.45) is 1.51. The summed E-state index contributed by atoms with van der Waals surface area (Å²) in [6, 6.07) is 1.33. The van der Waals surface area contributed by atoms with E-state index in [1.165, 1.54) is 12.3 Å². The van der Waals surface area contributed by atoms with Crippen molar-refractivity contribution in [2.75, 3.05) is 17.1 Å². The fourth-order valence-electron chi connectivity index (χ4n) is 0.895. The van der Waals surface area contributed by atoms with Crippen LogP contribution in [0.4, 0.5) is 10.2 Å². The lowest BCUT2D eigenvalue weighted by molar-refractivity contribution is 0.596. The number of aromatic nitrogens is 1. The van der Waals surface area contributed by atoms with Gasteiger partial charge in [0.1, 0.15) is 0 Å². The van der Waals surface area contributed by atoms with Crippen molar-refractivity contribution in [3.63, 3.8) is 0 Å². The molecule has 84 valence electrons. The third kappa shape index (κ3) is 3.47. The molecule has 15 heavy (non-hydrogen) atoms. The van der Waals surface area contributed by atoms with Crippen molar-refractivity contribution in [2.45, 2.75) is 12.5 Å². The van der Waals surface area contributed by atoms with E-state index in [4.69, 9.17) is 23.2 Å². The highest BCUT2D eigenvalue weighted by molar-refractivity contribution is 9.10. The molecule has 1 aromatic heterocycles. The fraction of sp³-hybridized carbons (Fsp3) is 0.444. The maximum absolute atomic E-state index is 13.4. The molecular formula is C9H10BrCl2FN2. The highest BCUT2D eigenvalue weighted by atomic mass is 79.9. The molecule has 1 N–H and O–H groups in total. The van der Waals surface area contributed by atoms with Crippen molar-refractivity contribution in [2.24, 2.45) is 0 Å². The summed E-state index contributed by atoms with van der Waals surface area (Å²) in [5, 5.41) is 2.88. The lowest BCUT2D eigenvalue weighted by Crippen LogP contribution is -2.39. The zero-order valence-corrected chi connectivity index (χ0v) is 11.1. The maximum Gasteiger partial charge on any atom is 0.166 e. The van der Waals surface area contributed by atoms with E-state index in [1.807, 2.05) is 0 Å². The van der Waals surface area contributed by atoms with Crippen LogP contribution in [0.2, 0.25) is 0 Å². The van der Waals surface area contributed by atoms with Crippen LogP contribution in [0.5, 0.6) is 0 Å². The number of alkyl halides is 2. The third-order valence-corrected chi connectivity index (χ3v) is 3.43. The Bertz CT molecular complexity index is 345. The predicted octanol–water partition coefficient (Wildman–Crippen LogP) is 3.63. The van der Waals surface area contributed by atoms with Crippen molar-refractivity contribution in [3.05, 3.63) is 22.6 Å². The van der Waals surface area contributed by atoms with Crippen LogP contribution in [0.25, 0.3) is 0 Å². The molecule has 0 radical (unpaired) electrons. The van der Waals surface area contributed by atoms with Crippen LogP contribution in [0.1, 0.15) is 6.92 Å². The molecule has 0 atom stereocenters. The second-order valence-corrected chi connectivity index (χ2v) is 4.89. The molecule has 6 heteroatoms. The van der Waals surface area contributed by atoms with Crippen LogP contribution in [0.3, 0.4) is 0 Å². The van der Waals surface area contributed by atoms with Gasteiger partial charge in [0.15, 0.2) is 11.6 Å². The Morgan fingerprint density at radius 2 is 2.13 bits per heavy atom. The second-order valence-electron chi connectivity index (χ2n) is 3.44. The summed E-state index contributed by atoms with van der Waals surface area (Å²) < 4.78 is 14.0. The summed E-state index contributed by atoms with van der Waals surface area (Å²) in [4.78, 5) is 3.91. The Kier molecular flexibility index (Phi) is 4.62. The monoisotopic (exact) mass is 314 g/mol. The molecule has 0 amide bonds. The van der Waals surface area contributed by atoms with Crippen molar-refractivity contribution in [1.82, 2.24) is 4.98 Å². The van der Waals surface area contributed by atoms with Crippen molar-refractivity contribution in [3.8, 4) is 0 Å². The van der Waals surface area contributed by atoms with E-state index in [-0.39, 0.29) is 17.6 Å². The van der Waals surface area contributed by atoms with E-state index >= 15 is 0 Å². The zero-order valence-electron chi connectivity index (χ0n) is 8.03. The number of hydrogen-bond acceptors (Lipinski definition) is 2. The van der Waals surface area contributed by atoms with Gasteiger partial charge in [-0.3, -0.25) is 0 Å². The minimum Gasteiger partial charge on any atom is -0.360 e. The lowest BCUT2D eigenvalue weighted by atomic mass is 10.1. The largest absolute Gasteiger partial charge is 0.360 e. The Hall–Kier alpha value is -0.0600. The number of nitrogens with one attached hydrogen (secondary N) is 1. The summed E-state index contributed by atoms with van der Waals surface area (Å²) in [7, 11) is 0. The summed E-state index contributed by atoms with van der Waals surface area (Å²) in [6.45, 7) is 1.80. The van der Waals surface area contributed by atoms with Crippen LogP contribution in [-0.2, 0) is 0 Å². The average Bonchev–Trinajstić information content (AvgIpc) is 2.22. The van der Waals surface area contributed by atoms with Crippen molar-refractivity contribution < 1.29 is 4.39 Å². The van der Waals surface area contributed by atoms with Crippen LogP contribution in [0, 0.1) is 5.82 Å². The zero-order chi connectivity index (χ0) is 11.5. The molecule has 0 unspecified atom stereocenters. The average molecular weight is 316 g/mol. The Balaban J connectivity index is 2.89. The van der Waals surface area contributed by atoms with Crippen LogP contribution >= 0.6 is 39.1 Å². The molecule has 1 rings (SSSR count). The number of halogens is 4. The molecule has 0 aliphatic heterocycles. The first-order chi connectivity index (χ1) is 7.00. The summed E-state index contributed by atoms with van der Waals surface area (Å²) in [5.41, 5.74) is -0.565. The lowest BCUT2D eigenvalue weighted by Gasteiger charge is -2.26. The van der Waals surface area contributed by atoms with Gasteiger partial charge in [0.05, 0.1) is 5.54 Å².